The van der Waals surface area contributed by atoms with Crippen LogP contribution in [0.2, 0.25) is 0 Å². The van der Waals surface area contributed by atoms with Crippen LogP contribution in [-0.4, -0.2) is 23.8 Å². The van der Waals surface area contributed by atoms with Crippen LogP contribution in [0, 0.1) is 13.8 Å². The Morgan fingerprint density at radius 1 is 1.17 bits per heavy atom. The van der Waals surface area contributed by atoms with Gasteiger partial charge in [0.25, 0.3) is 5.91 Å². The van der Waals surface area contributed by atoms with Crippen LogP contribution in [-0.2, 0) is 10.4 Å². The number of aryl methyl sites for hydroxylation is 2. The predicted octanol–water partition coefficient (Wildman–Crippen LogP) is 2.74. The Morgan fingerprint density at radius 2 is 1.87 bits per heavy atom. The van der Waals surface area contributed by atoms with E-state index in [-0.39, 0.29) is 12.2 Å². The molecule has 0 aromatic heterocycles. The van der Waals surface area contributed by atoms with Gasteiger partial charge in [0.15, 0.2) is 11.4 Å². The van der Waals surface area contributed by atoms with E-state index in [0.717, 1.165) is 11.1 Å². The maximum atomic E-state index is 12.7. The molecule has 0 saturated carbocycles. The maximum Gasteiger partial charge on any atom is 0.263 e. The van der Waals surface area contributed by atoms with Crippen LogP contribution in [0.25, 0.3) is 0 Å². The molecule has 1 unspecified atom stereocenters. The fourth-order valence-corrected chi connectivity index (χ4v) is 3.24. The van der Waals surface area contributed by atoms with E-state index in [1.165, 1.54) is 4.90 Å². The number of amides is 1. The summed E-state index contributed by atoms with van der Waals surface area (Å²) in [4.78, 5) is 26.6. The highest BCUT2D eigenvalue weighted by Crippen LogP contribution is 2.42. The molecule has 4 nitrogen and oxygen atoms in total. The summed E-state index contributed by atoms with van der Waals surface area (Å²) in [5, 5.41) is 10.9. The molecule has 3 rings (SSSR count). The fraction of sp³-hybridized carbons (Fsp3) is 0.263. The fourth-order valence-electron chi connectivity index (χ4n) is 3.24. The molecular weight excluding hydrogens is 290 g/mol. The van der Waals surface area contributed by atoms with E-state index in [2.05, 4.69) is 0 Å². The number of rotatable bonds is 3. The quantitative estimate of drug-likeness (QED) is 0.887. The average molecular weight is 309 g/mol. The molecule has 0 radical (unpaired) electrons. The highest BCUT2D eigenvalue weighted by molar-refractivity contribution is 6.10. The van der Waals surface area contributed by atoms with E-state index < -0.39 is 11.5 Å². The van der Waals surface area contributed by atoms with Crippen LogP contribution in [0.5, 0.6) is 0 Å². The third kappa shape index (κ3) is 2.35. The summed E-state index contributed by atoms with van der Waals surface area (Å²) >= 11 is 0. The number of hydrogen-bond acceptors (Lipinski definition) is 3. The lowest BCUT2D eigenvalue weighted by Crippen LogP contribution is -2.40. The van der Waals surface area contributed by atoms with Gasteiger partial charge in [0.05, 0.1) is 12.1 Å². The smallest absolute Gasteiger partial charge is 0.263 e. The topological polar surface area (TPSA) is 57.6 Å². The Labute approximate surface area is 135 Å². The van der Waals surface area contributed by atoms with Crippen LogP contribution < -0.4 is 4.90 Å². The number of likely N-dealkylation sites (N-methyl/N-ethyl adjacent to an activating group) is 1. The maximum absolute atomic E-state index is 12.7. The van der Waals surface area contributed by atoms with Crippen molar-refractivity contribution in [3.63, 3.8) is 0 Å². The third-order valence-corrected chi connectivity index (χ3v) is 4.47. The molecule has 0 spiro atoms. The van der Waals surface area contributed by atoms with Crippen molar-refractivity contribution in [1.82, 2.24) is 0 Å². The molecule has 0 saturated heterocycles. The number of Topliss-reactive ketones (excluding diaryl/α,β-unsaturated/α-hetero) is 1. The first-order valence-corrected chi connectivity index (χ1v) is 7.55. The van der Waals surface area contributed by atoms with Gasteiger partial charge in [-0.25, -0.2) is 0 Å². The first kappa shape index (κ1) is 15.4. The van der Waals surface area contributed by atoms with Crippen LogP contribution in [0.4, 0.5) is 5.69 Å². The second kappa shape index (κ2) is 5.32. The molecule has 1 aliphatic heterocycles. The highest BCUT2D eigenvalue weighted by Gasteiger charge is 2.49. The van der Waals surface area contributed by atoms with Gasteiger partial charge >= 0.3 is 0 Å². The normalized spacial score (nSPS) is 19.8. The minimum absolute atomic E-state index is 0.233. The van der Waals surface area contributed by atoms with Crippen molar-refractivity contribution in [2.75, 3.05) is 11.9 Å². The Bertz CT molecular complexity index is 812. The zero-order valence-electron chi connectivity index (χ0n) is 13.5. The number of aliphatic hydroxyl groups is 1. The molecule has 1 N–H and O–H groups in total. The summed E-state index contributed by atoms with van der Waals surface area (Å²) < 4.78 is 0. The molecule has 2 aromatic carbocycles. The first-order chi connectivity index (χ1) is 10.8. The minimum Gasteiger partial charge on any atom is -0.375 e. The lowest BCUT2D eigenvalue weighted by Gasteiger charge is -2.21. The number of hydrogen-bond donors (Lipinski definition) is 1. The lowest BCUT2D eigenvalue weighted by molar-refractivity contribution is -0.135. The zero-order valence-corrected chi connectivity index (χ0v) is 13.5. The van der Waals surface area contributed by atoms with Gasteiger partial charge in [-0.05, 0) is 25.5 Å². The van der Waals surface area contributed by atoms with Crippen LogP contribution in [0.3, 0.4) is 0 Å². The molecular formula is C19H19NO3. The molecule has 1 aliphatic rings. The number of para-hydroxylation sites is 1. The van der Waals surface area contributed by atoms with Gasteiger partial charge in [0.1, 0.15) is 0 Å². The largest absolute Gasteiger partial charge is 0.375 e. The molecule has 0 aliphatic carbocycles. The van der Waals surface area contributed by atoms with Crippen molar-refractivity contribution in [3.05, 3.63) is 64.7 Å². The van der Waals surface area contributed by atoms with Gasteiger partial charge in [-0.2, -0.15) is 0 Å². The molecule has 0 bridgehead atoms. The molecule has 2 aromatic rings. The minimum atomic E-state index is -1.79. The van der Waals surface area contributed by atoms with Gasteiger partial charge < -0.3 is 10.0 Å². The number of nitrogens with zero attached hydrogens (tertiary/aromatic N) is 1. The number of fused-ring (bicyclic) bond motifs is 1. The molecule has 1 heterocycles. The van der Waals surface area contributed by atoms with Crippen molar-refractivity contribution < 1.29 is 14.7 Å². The van der Waals surface area contributed by atoms with Gasteiger partial charge in [0.2, 0.25) is 0 Å². The summed E-state index contributed by atoms with van der Waals surface area (Å²) in [6.07, 6.45) is -0.253. The second-order valence-electron chi connectivity index (χ2n) is 6.16. The summed E-state index contributed by atoms with van der Waals surface area (Å²) in [7, 11) is 1.61. The number of anilines is 1. The van der Waals surface area contributed by atoms with Crippen molar-refractivity contribution in [3.8, 4) is 0 Å². The second-order valence-corrected chi connectivity index (χ2v) is 6.16. The van der Waals surface area contributed by atoms with Gasteiger partial charge in [-0.15, -0.1) is 0 Å². The van der Waals surface area contributed by atoms with Crippen LogP contribution in [0.1, 0.15) is 33.5 Å². The van der Waals surface area contributed by atoms with E-state index in [1.807, 2.05) is 26.0 Å². The summed E-state index contributed by atoms with van der Waals surface area (Å²) in [6.45, 7) is 3.82. The van der Waals surface area contributed by atoms with E-state index in [4.69, 9.17) is 0 Å². The Hall–Kier alpha value is -2.46. The van der Waals surface area contributed by atoms with Gasteiger partial charge in [-0.3, -0.25) is 9.59 Å². The van der Waals surface area contributed by atoms with E-state index >= 15 is 0 Å². The summed E-state index contributed by atoms with van der Waals surface area (Å²) in [5.74, 6) is -0.694. The molecule has 0 fully saturated rings. The Balaban J connectivity index is 1.99. The van der Waals surface area contributed by atoms with Crippen molar-refractivity contribution >= 4 is 17.4 Å². The third-order valence-electron chi connectivity index (χ3n) is 4.47. The summed E-state index contributed by atoms with van der Waals surface area (Å²) in [6, 6.07) is 12.6. The van der Waals surface area contributed by atoms with Crippen molar-refractivity contribution in [1.29, 1.82) is 0 Å². The first-order valence-electron chi connectivity index (χ1n) is 7.55. The molecule has 23 heavy (non-hydrogen) atoms. The standard InChI is InChI=1S/C19H19NO3/c1-12-8-9-14(13(2)10-12)17(21)11-19(23)15-6-4-5-7-16(15)20(3)18(19)22/h4-10,23H,11H2,1-3H3. The van der Waals surface area contributed by atoms with Crippen molar-refractivity contribution in [2.45, 2.75) is 25.9 Å². The Kier molecular flexibility index (Phi) is 3.57. The van der Waals surface area contributed by atoms with Crippen LogP contribution in [0.15, 0.2) is 42.5 Å². The average Bonchev–Trinajstić information content (AvgIpc) is 2.70. The Morgan fingerprint density at radius 3 is 2.57 bits per heavy atom. The molecule has 118 valence electrons. The predicted molar refractivity (Wildman–Crippen MR) is 88.6 cm³/mol. The van der Waals surface area contributed by atoms with Crippen LogP contribution >= 0.6 is 0 Å². The van der Waals surface area contributed by atoms with Gasteiger partial charge in [-0.1, -0.05) is 42.0 Å². The number of benzene rings is 2. The zero-order chi connectivity index (χ0) is 16.8. The highest BCUT2D eigenvalue weighted by atomic mass is 16.3. The van der Waals surface area contributed by atoms with Gasteiger partial charge in [0, 0.05) is 18.2 Å². The van der Waals surface area contributed by atoms with E-state index in [0.29, 0.717) is 16.8 Å². The van der Waals surface area contributed by atoms with E-state index in [1.54, 1.807) is 37.4 Å². The summed E-state index contributed by atoms with van der Waals surface area (Å²) in [5.41, 5.74) is 1.81. The lowest BCUT2D eigenvalue weighted by atomic mass is 9.87. The number of ketones is 1. The molecule has 1 amide bonds. The van der Waals surface area contributed by atoms with Crippen molar-refractivity contribution in [2.24, 2.45) is 0 Å². The molecule has 1 atom stereocenters. The number of carbonyl (C=O) groups excluding carboxylic acids is 2. The monoisotopic (exact) mass is 309 g/mol. The molecule has 4 heteroatoms. The number of carbonyl (C=O) groups is 2. The van der Waals surface area contributed by atoms with E-state index in [9.17, 15) is 14.7 Å². The SMILES string of the molecule is Cc1ccc(C(=O)CC2(O)C(=O)N(C)c3ccccc32)c(C)c1.